The highest BCUT2D eigenvalue weighted by atomic mass is 28.4. The van der Waals surface area contributed by atoms with Gasteiger partial charge < -0.3 is 23.9 Å². The van der Waals surface area contributed by atoms with Gasteiger partial charge in [-0.25, -0.2) is 4.79 Å². The highest BCUT2D eigenvalue weighted by Crippen LogP contribution is 2.20. The largest absolute Gasteiger partial charge is 0.500 e. The van der Waals surface area contributed by atoms with Crippen molar-refractivity contribution in [2.45, 2.75) is 33.2 Å². The monoisotopic (exact) mass is 444 g/mol. The lowest BCUT2D eigenvalue weighted by Crippen LogP contribution is -2.46. The summed E-state index contributed by atoms with van der Waals surface area (Å²) in [6.45, 7) is 7.92. The van der Waals surface area contributed by atoms with E-state index in [1.807, 2.05) is 51.1 Å². The van der Waals surface area contributed by atoms with Gasteiger partial charge in [0.2, 0.25) is 0 Å². The van der Waals surface area contributed by atoms with Crippen LogP contribution in [0.1, 0.15) is 27.2 Å². The first kappa shape index (κ1) is 24.7. The summed E-state index contributed by atoms with van der Waals surface area (Å²) >= 11 is 0. The van der Waals surface area contributed by atoms with Crippen molar-refractivity contribution in [3.8, 4) is 0 Å². The van der Waals surface area contributed by atoms with Crippen LogP contribution in [0.25, 0.3) is 0 Å². The number of nitrogens with one attached hydrogen (secondary N) is 2. The van der Waals surface area contributed by atoms with Gasteiger partial charge in [0.1, 0.15) is 0 Å². The topological polar surface area (TPSA) is 93.5 Å². The van der Waals surface area contributed by atoms with Crippen molar-refractivity contribution >= 4 is 31.9 Å². The highest BCUT2D eigenvalue weighted by Gasteiger charge is 2.39. The van der Waals surface area contributed by atoms with Crippen molar-refractivity contribution in [2.24, 2.45) is 10.2 Å². The maximum Gasteiger partial charge on any atom is 0.500 e. The summed E-state index contributed by atoms with van der Waals surface area (Å²) in [5, 5.41) is 14.0. The maximum absolute atomic E-state index is 12.2. The number of anilines is 1. The normalized spacial score (nSPS) is 11.6. The van der Waals surface area contributed by atoms with E-state index in [9.17, 15) is 4.79 Å². The Labute approximate surface area is 185 Å². The molecule has 2 rings (SSSR count). The third-order valence-electron chi connectivity index (χ3n) is 4.20. The summed E-state index contributed by atoms with van der Waals surface area (Å²) in [6.07, 6.45) is 0.707. The van der Waals surface area contributed by atoms with Gasteiger partial charge in [-0.15, -0.1) is 0 Å². The molecular formula is C22H32N4O4Si. The lowest BCUT2D eigenvalue weighted by Gasteiger charge is -2.28. The van der Waals surface area contributed by atoms with E-state index in [0.717, 1.165) is 5.69 Å². The molecule has 0 radical (unpaired) electrons. The average Bonchev–Trinajstić information content (AvgIpc) is 2.78. The van der Waals surface area contributed by atoms with Crippen LogP contribution in [-0.4, -0.2) is 41.2 Å². The third kappa shape index (κ3) is 8.97. The summed E-state index contributed by atoms with van der Waals surface area (Å²) in [4.78, 5) is 12.2. The Morgan fingerprint density at radius 2 is 1.39 bits per heavy atom. The molecule has 0 fully saturated rings. The number of rotatable bonds is 13. The molecule has 8 nitrogen and oxygen atoms in total. The molecule has 2 amide bonds. The Balaban J connectivity index is 1.77. The molecular weight excluding hydrogens is 412 g/mol. The van der Waals surface area contributed by atoms with E-state index in [1.165, 1.54) is 0 Å². The smallest absolute Gasteiger partial charge is 0.374 e. The molecule has 2 N–H and O–H groups in total. The second-order valence-electron chi connectivity index (χ2n) is 6.55. The van der Waals surface area contributed by atoms with Gasteiger partial charge in [-0.2, -0.15) is 10.2 Å². The molecule has 0 saturated heterocycles. The summed E-state index contributed by atoms with van der Waals surface area (Å²) in [7, 11) is -2.67. The fourth-order valence-corrected chi connectivity index (χ4v) is 5.52. The van der Waals surface area contributed by atoms with Crippen molar-refractivity contribution < 1.29 is 18.1 Å². The molecule has 0 heterocycles. The standard InChI is InChI=1S/C22H32N4O4Si/c1-4-28-31(29-5-2,30-6-3)18-10-17-23-22(27)24-19-13-15-21(16-14-19)26-25-20-11-8-7-9-12-20/h7-9,11-16H,4-6,10,17-18H2,1-3H3,(H2,23,24,27). The SMILES string of the molecule is CCO[Si](CCCNC(=O)Nc1ccc(N=Nc2ccccc2)cc1)(OCC)OCC. The predicted octanol–water partition coefficient (Wildman–Crippen LogP) is 5.66. The molecule has 0 aliphatic heterocycles. The number of azo groups is 1. The number of hydrogen-bond acceptors (Lipinski definition) is 6. The zero-order valence-electron chi connectivity index (χ0n) is 18.5. The predicted molar refractivity (Wildman–Crippen MR) is 124 cm³/mol. The fraction of sp³-hybridized carbons (Fsp3) is 0.409. The fourth-order valence-electron chi connectivity index (χ4n) is 2.90. The van der Waals surface area contributed by atoms with E-state index in [2.05, 4.69) is 20.9 Å². The molecule has 0 unspecified atom stereocenters. The minimum Gasteiger partial charge on any atom is -0.374 e. The van der Waals surface area contributed by atoms with Crippen molar-refractivity contribution in [3.05, 3.63) is 54.6 Å². The molecule has 0 atom stereocenters. The van der Waals surface area contributed by atoms with Crippen LogP contribution >= 0.6 is 0 Å². The summed E-state index contributed by atoms with van der Waals surface area (Å²) in [5.41, 5.74) is 2.17. The van der Waals surface area contributed by atoms with Gasteiger partial charge in [-0.1, -0.05) is 18.2 Å². The number of urea groups is 1. The molecule has 2 aromatic rings. The van der Waals surface area contributed by atoms with Gasteiger partial charge in [0, 0.05) is 38.1 Å². The van der Waals surface area contributed by atoms with E-state index in [1.54, 1.807) is 24.3 Å². The van der Waals surface area contributed by atoms with Gasteiger partial charge >= 0.3 is 14.8 Å². The maximum atomic E-state index is 12.2. The average molecular weight is 445 g/mol. The lowest BCUT2D eigenvalue weighted by molar-refractivity contribution is 0.0708. The first-order valence-corrected chi connectivity index (χ1v) is 12.6. The molecule has 168 valence electrons. The van der Waals surface area contributed by atoms with E-state index >= 15 is 0 Å². The molecule has 2 aromatic carbocycles. The zero-order valence-corrected chi connectivity index (χ0v) is 19.5. The Kier molecular flexibility index (Phi) is 10.9. The number of amides is 2. The highest BCUT2D eigenvalue weighted by molar-refractivity contribution is 6.60. The first-order valence-electron chi connectivity index (χ1n) is 10.6. The Morgan fingerprint density at radius 1 is 0.839 bits per heavy atom. The summed E-state index contributed by atoms with van der Waals surface area (Å²) < 4.78 is 17.5. The second kappa shape index (κ2) is 13.7. The van der Waals surface area contributed by atoms with E-state index in [-0.39, 0.29) is 6.03 Å². The van der Waals surface area contributed by atoms with Crippen molar-refractivity contribution in [1.82, 2.24) is 5.32 Å². The van der Waals surface area contributed by atoms with Crippen molar-refractivity contribution in [1.29, 1.82) is 0 Å². The van der Waals surface area contributed by atoms with Gasteiger partial charge in [0.25, 0.3) is 0 Å². The van der Waals surface area contributed by atoms with Crippen molar-refractivity contribution in [2.75, 3.05) is 31.7 Å². The van der Waals surface area contributed by atoms with E-state index in [4.69, 9.17) is 13.3 Å². The Bertz CT molecular complexity index is 786. The number of carbonyl (C=O) groups is 1. The van der Waals surface area contributed by atoms with Crippen LogP contribution in [0.3, 0.4) is 0 Å². The summed E-state index contributed by atoms with van der Waals surface area (Å²) in [6, 6.07) is 17.1. The third-order valence-corrected chi connectivity index (χ3v) is 7.35. The number of carbonyl (C=O) groups excluding carboxylic acids is 1. The van der Waals surface area contributed by atoms with Crippen LogP contribution in [0.15, 0.2) is 64.8 Å². The van der Waals surface area contributed by atoms with Gasteiger partial charge in [0.05, 0.1) is 11.4 Å². The minimum atomic E-state index is -2.67. The minimum absolute atomic E-state index is 0.268. The van der Waals surface area contributed by atoms with Gasteiger partial charge in [-0.3, -0.25) is 0 Å². The number of hydrogen-bond donors (Lipinski definition) is 2. The number of benzene rings is 2. The molecule has 0 spiro atoms. The first-order chi connectivity index (χ1) is 15.1. The molecule has 0 bridgehead atoms. The van der Waals surface area contributed by atoms with Crippen LogP contribution in [0.4, 0.5) is 21.9 Å². The molecule has 0 aliphatic rings. The molecule has 0 saturated carbocycles. The molecule has 0 aliphatic carbocycles. The van der Waals surface area contributed by atoms with Crippen LogP contribution < -0.4 is 10.6 Å². The van der Waals surface area contributed by atoms with E-state index in [0.29, 0.717) is 50.2 Å². The Hall–Kier alpha value is -2.59. The Morgan fingerprint density at radius 3 is 1.94 bits per heavy atom. The van der Waals surface area contributed by atoms with Gasteiger partial charge in [0.15, 0.2) is 0 Å². The lowest BCUT2D eigenvalue weighted by atomic mass is 10.3. The van der Waals surface area contributed by atoms with E-state index < -0.39 is 8.80 Å². The quantitative estimate of drug-likeness (QED) is 0.237. The van der Waals surface area contributed by atoms with Gasteiger partial charge in [-0.05, 0) is 63.6 Å². The summed E-state index contributed by atoms with van der Waals surface area (Å²) in [5.74, 6) is 0. The van der Waals surface area contributed by atoms with Crippen LogP contribution in [0.5, 0.6) is 0 Å². The van der Waals surface area contributed by atoms with Crippen LogP contribution in [0.2, 0.25) is 6.04 Å². The molecule has 9 heteroatoms. The zero-order chi connectivity index (χ0) is 22.4. The second-order valence-corrected chi connectivity index (χ2v) is 9.28. The van der Waals surface area contributed by atoms with Crippen molar-refractivity contribution in [3.63, 3.8) is 0 Å². The molecule has 31 heavy (non-hydrogen) atoms. The van der Waals surface area contributed by atoms with Crippen LogP contribution in [-0.2, 0) is 13.3 Å². The number of nitrogens with zero attached hydrogens (tertiary/aromatic N) is 2. The van der Waals surface area contributed by atoms with Crippen LogP contribution in [0, 0.1) is 0 Å². The molecule has 0 aromatic heterocycles.